The number of halogens is 2. The normalized spacial score (nSPS) is 17.9. The van der Waals surface area contributed by atoms with Gasteiger partial charge < -0.3 is 5.32 Å². The van der Waals surface area contributed by atoms with E-state index >= 15 is 0 Å². The number of amides is 1. The lowest BCUT2D eigenvalue weighted by atomic mass is 9.96. The van der Waals surface area contributed by atoms with E-state index in [1.165, 1.54) is 5.56 Å². The van der Waals surface area contributed by atoms with Crippen LogP contribution in [0.5, 0.6) is 0 Å². The number of nitrogens with zero attached hydrogens (tertiary/aromatic N) is 1. The lowest BCUT2D eigenvalue weighted by Gasteiger charge is -2.32. The first kappa shape index (κ1) is 19.2. The SMILES string of the molecule is CCc1ccc(NC(=O)[C@H]2CCCN(Cc3c(Cl)cccc3Cl)C2)cc1. The van der Waals surface area contributed by atoms with Gasteiger partial charge in [0.2, 0.25) is 5.91 Å². The summed E-state index contributed by atoms with van der Waals surface area (Å²) in [6, 6.07) is 13.6. The number of carbonyl (C=O) groups excluding carboxylic acids is 1. The molecule has 0 aliphatic carbocycles. The van der Waals surface area contributed by atoms with Crippen LogP contribution in [0.15, 0.2) is 42.5 Å². The summed E-state index contributed by atoms with van der Waals surface area (Å²) in [4.78, 5) is 14.9. The minimum Gasteiger partial charge on any atom is -0.326 e. The van der Waals surface area contributed by atoms with Gasteiger partial charge in [-0.1, -0.05) is 48.3 Å². The summed E-state index contributed by atoms with van der Waals surface area (Å²) < 4.78 is 0. The van der Waals surface area contributed by atoms with Crippen LogP contribution in [0.25, 0.3) is 0 Å². The van der Waals surface area contributed by atoms with Gasteiger partial charge in [0.25, 0.3) is 0 Å². The molecule has 1 atom stereocenters. The van der Waals surface area contributed by atoms with Crippen molar-refractivity contribution in [3.63, 3.8) is 0 Å². The monoisotopic (exact) mass is 390 g/mol. The van der Waals surface area contributed by atoms with E-state index in [2.05, 4.69) is 29.3 Å². The van der Waals surface area contributed by atoms with Crippen molar-refractivity contribution in [1.82, 2.24) is 4.90 Å². The Morgan fingerprint density at radius 2 is 1.85 bits per heavy atom. The number of anilines is 1. The van der Waals surface area contributed by atoms with Crippen LogP contribution in [0.2, 0.25) is 10.0 Å². The molecule has 1 heterocycles. The van der Waals surface area contributed by atoms with Crippen LogP contribution in [0, 0.1) is 5.92 Å². The van der Waals surface area contributed by atoms with Crippen molar-refractivity contribution < 1.29 is 4.79 Å². The van der Waals surface area contributed by atoms with Crippen molar-refractivity contribution in [2.75, 3.05) is 18.4 Å². The van der Waals surface area contributed by atoms with Crippen LogP contribution in [-0.4, -0.2) is 23.9 Å². The first-order valence-corrected chi connectivity index (χ1v) is 9.87. The highest BCUT2D eigenvalue weighted by Gasteiger charge is 2.26. The number of likely N-dealkylation sites (tertiary alicyclic amines) is 1. The van der Waals surface area contributed by atoms with E-state index in [9.17, 15) is 4.79 Å². The molecule has 1 fully saturated rings. The van der Waals surface area contributed by atoms with Gasteiger partial charge in [0.15, 0.2) is 0 Å². The zero-order valence-electron chi connectivity index (χ0n) is 15.0. The van der Waals surface area contributed by atoms with Crippen molar-refractivity contribution in [3.8, 4) is 0 Å². The molecule has 1 aliphatic heterocycles. The molecule has 0 unspecified atom stereocenters. The molecule has 1 amide bonds. The lowest BCUT2D eigenvalue weighted by Crippen LogP contribution is -2.40. The summed E-state index contributed by atoms with van der Waals surface area (Å²) in [6.07, 6.45) is 2.90. The molecular formula is C21H24Cl2N2O. The Kier molecular flexibility index (Phi) is 6.58. The summed E-state index contributed by atoms with van der Waals surface area (Å²) in [6.45, 7) is 4.47. The van der Waals surface area contributed by atoms with E-state index in [0.717, 1.165) is 43.6 Å². The highest BCUT2D eigenvalue weighted by molar-refractivity contribution is 6.35. The molecule has 2 aromatic rings. The van der Waals surface area contributed by atoms with Crippen molar-refractivity contribution in [2.45, 2.75) is 32.7 Å². The van der Waals surface area contributed by atoms with Crippen molar-refractivity contribution in [3.05, 3.63) is 63.6 Å². The van der Waals surface area contributed by atoms with Crippen LogP contribution >= 0.6 is 23.2 Å². The molecule has 0 spiro atoms. The number of hydrogen-bond donors (Lipinski definition) is 1. The summed E-state index contributed by atoms with van der Waals surface area (Å²) in [5.74, 6) is 0.0695. The van der Waals surface area contributed by atoms with Gasteiger partial charge in [-0.3, -0.25) is 9.69 Å². The minimum atomic E-state index is -0.0177. The second kappa shape index (κ2) is 8.90. The molecule has 26 heavy (non-hydrogen) atoms. The minimum absolute atomic E-state index is 0.0177. The summed E-state index contributed by atoms with van der Waals surface area (Å²) in [7, 11) is 0. The molecule has 2 aromatic carbocycles. The fourth-order valence-corrected chi connectivity index (χ4v) is 3.91. The van der Waals surface area contributed by atoms with Crippen molar-refractivity contribution in [1.29, 1.82) is 0 Å². The number of nitrogens with one attached hydrogen (secondary N) is 1. The average molecular weight is 391 g/mol. The van der Waals surface area contributed by atoms with E-state index in [4.69, 9.17) is 23.2 Å². The van der Waals surface area contributed by atoms with Crippen molar-refractivity contribution in [2.24, 2.45) is 5.92 Å². The highest BCUT2D eigenvalue weighted by Crippen LogP contribution is 2.28. The highest BCUT2D eigenvalue weighted by atomic mass is 35.5. The molecule has 1 saturated heterocycles. The zero-order chi connectivity index (χ0) is 18.5. The van der Waals surface area contributed by atoms with Gasteiger partial charge in [0.1, 0.15) is 0 Å². The number of hydrogen-bond acceptors (Lipinski definition) is 2. The van der Waals surface area contributed by atoms with Gasteiger partial charge in [-0.15, -0.1) is 0 Å². The molecule has 3 rings (SSSR count). The van der Waals surface area contributed by atoms with Crippen LogP contribution in [-0.2, 0) is 17.8 Å². The smallest absolute Gasteiger partial charge is 0.228 e. The molecule has 0 radical (unpaired) electrons. The molecule has 0 aromatic heterocycles. The van der Waals surface area contributed by atoms with E-state index in [-0.39, 0.29) is 11.8 Å². The van der Waals surface area contributed by atoms with Gasteiger partial charge in [-0.2, -0.15) is 0 Å². The van der Waals surface area contributed by atoms with Gasteiger partial charge >= 0.3 is 0 Å². The van der Waals surface area contributed by atoms with Crippen LogP contribution in [0.3, 0.4) is 0 Å². The quantitative estimate of drug-likeness (QED) is 0.740. The second-order valence-electron chi connectivity index (χ2n) is 6.81. The van der Waals surface area contributed by atoms with Gasteiger partial charge in [0, 0.05) is 34.4 Å². The fraction of sp³-hybridized carbons (Fsp3) is 0.381. The van der Waals surface area contributed by atoms with E-state index in [1.54, 1.807) is 0 Å². The fourth-order valence-electron chi connectivity index (χ4n) is 3.39. The van der Waals surface area contributed by atoms with Gasteiger partial charge in [0.05, 0.1) is 5.92 Å². The maximum Gasteiger partial charge on any atom is 0.228 e. The molecule has 138 valence electrons. The second-order valence-corrected chi connectivity index (χ2v) is 7.63. The average Bonchev–Trinajstić information content (AvgIpc) is 2.66. The molecular weight excluding hydrogens is 367 g/mol. The largest absolute Gasteiger partial charge is 0.326 e. The van der Waals surface area contributed by atoms with Crippen LogP contribution < -0.4 is 5.32 Å². The Bertz CT molecular complexity index is 741. The first-order chi connectivity index (χ1) is 12.6. The van der Waals surface area contributed by atoms with E-state index in [0.29, 0.717) is 16.6 Å². The molecule has 1 aliphatic rings. The van der Waals surface area contributed by atoms with E-state index in [1.807, 2.05) is 30.3 Å². The molecule has 5 heteroatoms. The summed E-state index contributed by atoms with van der Waals surface area (Å²) in [5, 5.41) is 4.41. The standard InChI is InChI=1S/C21H24Cl2N2O/c1-2-15-8-10-17(11-9-15)24-21(26)16-5-4-12-25(13-16)14-18-19(22)6-3-7-20(18)23/h3,6-11,16H,2,4-5,12-14H2,1H3,(H,24,26)/t16-/m0/s1. The number of benzene rings is 2. The van der Waals surface area contributed by atoms with E-state index < -0.39 is 0 Å². The van der Waals surface area contributed by atoms with Crippen molar-refractivity contribution >= 4 is 34.8 Å². The topological polar surface area (TPSA) is 32.3 Å². The Morgan fingerprint density at radius 3 is 2.50 bits per heavy atom. The van der Waals surface area contributed by atoms with Gasteiger partial charge in [-0.05, 0) is 55.6 Å². The Morgan fingerprint density at radius 1 is 1.15 bits per heavy atom. The summed E-state index contributed by atoms with van der Waals surface area (Å²) in [5.41, 5.74) is 3.06. The van der Waals surface area contributed by atoms with Crippen LogP contribution in [0.4, 0.5) is 5.69 Å². The molecule has 3 nitrogen and oxygen atoms in total. The molecule has 1 N–H and O–H groups in total. The maximum absolute atomic E-state index is 12.7. The number of rotatable bonds is 5. The Hall–Kier alpha value is -1.55. The lowest BCUT2D eigenvalue weighted by molar-refractivity contribution is -0.121. The third-order valence-corrected chi connectivity index (χ3v) is 5.66. The number of aryl methyl sites for hydroxylation is 1. The number of carbonyl (C=O) groups is 1. The maximum atomic E-state index is 12.7. The summed E-state index contributed by atoms with van der Waals surface area (Å²) >= 11 is 12.6. The predicted molar refractivity (Wildman–Crippen MR) is 109 cm³/mol. The zero-order valence-corrected chi connectivity index (χ0v) is 16.5. The molecule has 0 saturated carbocycles. The third kappa shape index (κ3) is 4.79. The van der Waals surface area contributed by atoms with Crippen LogP contribution in [0.1, 0.15) is 30.9 Å². The first-order valence-electron chi connectivity index (χ1n) is 9.12. The third-order valence-electron chi connectivity index (χ3n) is 4.95. The molecule has 0 bridgehead atoms. The van der Waals surface area contributed by atoms with Gasteiger partial charge in [-0.25, -0.2) is 0 Å². The Labute approximate surface area is 165 Å². The number of piperidine rings is 1. The Balaban J connectivity index is 1.61. The predicted octanol–water partition coefficient (Wildman–Crippen LogP) is 5.41.